The van der Waals surface area contributed by atoms with E-state index in [1.165, 1.54) is 12.3 Å². The molecule has 3 rings (SSSR count). The van der Waals surface area contributed by atoms with Gasteiger partial charge in [-0.2, -0.15) is 9.78 Å². The minimum atomic E-state index is -0.449. The number of fused-ring (bicyclic) bond motifs is 1. The Balaban J connectivity index is 2.18. The summed E-state index contributed by atoms with van der Waals surface area (Å²) in [4.78, 5) is 16.4. The van der Waals surface area contributed by atoms with Crippen LogP contribution in [-0.4, -0.2) is 14.6 Å². The average molecular weight is 303 g/mol. The van der Waals surface area contributed by atoms with Gasteiger partial charge in [0.25, 0.3) is 5.56 Å². The normalized spacial score (nSPS) is 10.7. The Morgan fingerprint density at radius 1 is 1.43 bits per heavy atom. The number of aromatic amines is 1. The van der Waals surface area contributed by atoms with Crippen molar-refractivity contribution in [3.05, 3.63) is 68.5 Å². The standard InChI is InChI=1S/C14H8ClFN4O/c15-12-10(5-8-3-1-2-4-11(8)16)14(21)20-13(19-12)9(6-17)7-18-20/h1-4,7,18H,5H2. The highest BCUT2D eigenvalue weighted by Crippen LogP contribution is 2.18. The van der Waals surface area contributed by atoms with E-state index < -0.39 is 11.4 Å². The van der Waals surface area contributed by atoms with Crippen molar-refractivity contribution < 1.29 is 4.39 Å². The number of hydrogen-bond acceptors (Lipinski definition) is 3. The van der Waals surface area contributed by atoms with Crippen LogP contribution in [-0.2, 0) is 6.42 Å². The molecule has 0 saturated carbocycles. The molecule has 0 radical (unpaired) electrons. The first-order chi connectivity index (χ1) is 10.1. The van der Waals surface area contributed by atoms with Crippen molar-refractivity contribution in [2.75, 3.05) is 0 Å². The first kappa shape index (κ1) is 13.3. The van der Waals surface area contributed by atoms with E-state index in [1.54, 1.807) is 18.2 Å². The molecule has 7 heteroatoms. The van der Waals surface area contributed by atoms with Crippen LogP contribution >= 0.6 is 11.6 Å². The Kier molecular flexibility index (Phi) is 3.20. The quantitative estimate of drug-likeness (QED) is 0.738. The molecule has 3 aromatic rings. The number of aromatic nitrogens is 3. The van der Waals surface area contributed by atoms with Crippen molar-refractivity contribution in [2.45, 2.75) is 6.42 Å². The van der Waals surface area contributed by atoms with Gasteiger partial charge in [-0.25, -0.2) is 9.37 Å². The Morgan fingerprint density at radius 3 is 2.90 bits per heavy atom. The fourth-order valence-corrected chi connectivity index (χ4v) is 2.31. The summed E-state index contributed by atoms with van der Waals surface area (Å²) in [6, 6.07) is 8.05. The molecular formula is C14H8ClFN4O. The second kappa shape index (κ2) is 5.04. The van der Waals surface area contributed by atoms with Gasteiger partial charge in [0.2, 0.25) is 0 Å². The van der Waals surface area contributed by atoms with Crippen LogP contribution in [0.15, 0.2) is 35.3 Å². The molecule has 0 saturated heterocycles. The molecule has 0 fully saturated rings. The van der Waals surface area contributed by atoms with Gasteiger partial charge >= 0.3 is 0 Å². The molecule has 0 aliphatic heterocycles. The van der Waals surface area contributed by atoms with Gasteiger partial charge in [-0.15, -0.1) is 0 Å². The van der Waals surface area contributed by atoms with Crippen LogP contribution in [0.25, 0.3) is 5.65 Å². The third kappa shape index (κ3) is 2.18. The minimum Gasteiger partial charge on any atom is -0.295 e. The number of hydrogen-bond donors (Lipinski definition) is 1. The SMILES string of the molecule is N#Cc1c[nH]n2c(=O)c(Cc3ccccc3F)c(Cl)nc12. The van der Waals surface area contributed by atoms with E-state index in [4.69, 9.17) is 16.9 Å². The number of halogens is 2. The number of rotatable bonds is 2. The van der Waals surface area contributed by atoms with Crippen molar-refractivity contribution in [1.29, 1.82) is 5.26 Å². The van der Waals surface area contributed by atoms with Crippen molar-refractivity contribution in [3.8, 4) is 6.07 Å². The van der Waals surface area contributed by atoms with E-state index in [9.17, 15) is 9.18 Å². The second-order valence-corrected chi connectivity index (χ2v) is 4.77. The zero-order chi connectivity index (χ0) is 15.0. The average Bonchev–Trinajstić information content (AvgIpc) is 2.88. The molecule has 0 bridgehead atoms. The number of H-pyrrole nitrogens is 1. The number of nitrogens with zero attached hydrogens (tertiary/aromatic N) is 3. The summed E-state index contributed by atoms with van der Waals surface area (Å²) in [6.45, 7) is 0. The molecule has 0 atom stereocenters. The summed E-state index contributed by atoms with van der Waals surface area (Å²) in [5, 5.41) is 11.5. The van der Waals surface area contributed by atoms with Crippen LogP contribution in [0.3, 0.4) is 0 Å². The van der Waals surface area contributed by atoms with Crippen molar-refractivity contribution >= 4 is 17.2 Å². The highest BCUT2D eigenvalue weighted by Gasteiger charge is 2.16. The largest absolute Gasteiger partial charge is 0.295 e. The summed E-state index contributed by atoms with van der Waals surface area (Å²) in [5.74, 6) is -0.415. The van der Waals surface area contributed by atoms with Crippen LogP contribution in [0.4, 0.5) is 4.39 Å². The topological polar surface area (TPSA) is 73.9 Å². The number of benzene rings is 1. The molecular weight excluding hydrogens is 295 g/mol. The maximum Gasteiger partial charge on any atom is 0.277 e. The lowest BCUT2D eigenvalue weighted by Crippen LogP contribution is -2.21. The van der Waals surface area contributed by atoms with Crippen LogP contribution in [0.5, 0.6) is 0 Å². The Labute approximate surface area is 123 Å². The van der Waals surface area contributed by atoms with Crippen molar-refractivity contribution in [3.63, 3.8) is 0 Å². The summed E-state index contributed by atoms with van der Waals surface area (Å²) in [7, 11) is 0. The third-order valence-corrected chi connectivity index (χ3v) is 3.46. The first-order valence-electron chi connectivity index (χ1n) is 6.04. The molecule has 104 valence electrons. The van der Waals surface area contributed by atoms with Crippen LogP contribution < -0.4 is 5.56 Å². The van der Waals surface area contributed by atoms with Gasteiger partial charge in [-0.05, 0) is 11.6 Å². The maximum absolute atomic E-state index is 13.7. The fraction of sp³-hybridized carbons (Fsp3) is 0.0714. The van der Waals surface area contributed by atoms with Gasteiger partial charge in [0.1, 0.15) is 22.6 Å². The Bertz CT molecular complexity index is 938. The van der Waals surface area contributed by atoms with E-state index in [1.807, 2.05) is 6.07 Å². The van der Waals surface area contributed by atoms with Gasteiger partial charge in [-0.1, -0.05) is 29.8 Å². The molecule has 0 spiro atoms. The van der Waals surface area contributed by atoms with Crippen LogP contribution in [0.1, 0.15) is 16.7 Å². The summed E-state index contributed by atoms with van der Waals surface area (Å²) in [5.41, 5.74) is 0.446. The molecule has 1 aromatic carbocycles. The van der Waals surface area contributed by atoms with E-state index in [-0.39, 0.29) is 28.3 Å². The molecule has 21 heavy (non-hydrogen) atoms. The zero-order valence-corrected chi connectivity index (χ0v) is 11.4. The van der Waals surface area contributed by atoms with Crippen LogP contribution in [0.2, 0.25) is 5.15 Å². The summed E-state index contributed by atoms with van der Waals surface area (Å²) in [6.07, 6.45) is 1.40. The highest BCUT2D eigenvalue weighted by atomic mass is 35.5. The smallest absolute Gasteiger partial charge is 0.277 e. The predicted molar refractivity (Wildman–Crippen MR) is 74.7 cm³/mol. The van der Waals surface area contributed by atoms with Gasteiger partial charge in [0.15, 0.2) is 5.65 Å². The molecule has 0 aliphatic carbocycles. The van der Waals surface area contributed by atoms with Crippen molar-refractivity contribution in [1.82, 2.24) is 14.6 Å². The molecule has 0 amide bonds. The second-order valence-electron chi connectivity index (χ2n) is 4.41. The van der Waals surface area contributed by atoms with Gasteiger partial charge < -0.3 is 0 Å². The lowest BCUT2D eigenvalue weighted by atomic mass is 10.1. The lowest BCUT2D eigenvalue weighted by Gasteiger charge is -2.05. The van der Waals surface area contributed by atoms with E-state index in [0.29, 0.717) is 5.56 Å². The Morgan fingerprint density at radius 2 is 2.19 bits per heavy atom. The molecule has 5 nitrogen and oxygen atoms in total. The molecule has 2 heterocycles. The molecule has 1 N–H and O–H groups in total. The molecule has 2 aromatic heterocycles. The highest BCUT2D eigenvalue weighted by molar-refractivity contribution is 6.30. The molecule has 0 unspecified atom stereocenters. The van der Waals surface area contributed by atoms with Gasteiger partial charge in [0.05, 0.1) is 5.56 Å². The maximum atomic E-state index is 13.7. The zero-order valence-electron chi connectivity index (χ0n) is 10.6. The predicted octanol–water partition coefficient (Wildman–Crippen LogP) is 2.28. The third-order valence-electron chi connectivity index (χ3n) is 3.15. The van der Waals surface area contributed by atoms with E-state index in [2.05, 4.69) is 10.1 Å². The number of nitriles is 1. The number of nitrogens with one attached hydrogen (secondary N) is 1. The van der Waals surface area contributed by atoms with Gasteiger partial charge in [0, 0.05) is 12.6 Å². The summed E-state index contributed by atoms with van der Waals surface area (Å²) >= 11 is 6.03. The monoisotopic (exact) mass is 302 g/mol. The molecule has 0 aliphatic rings. The minimum absolute atomic E-state index is 0.0284. The Hall–Kier alpha value is -2.65. The first-order valence-corrected chi connectivity index (χ1v) is 6.41. The van der Waals surface area contributed by atoms with E-state index in [0.717, 1.165) is 4.52 Å². The lowest BCUT2D eigenvalue weighted by molar-refractivity contribution is 0.613. The van der Waals surface area contributed by atoms with E-state index >= 15 is 0 Å². The summed E-state index contributed by atoms with van der Waals surface area (Å²) < 4.78 is 14.8. The van der Waals surface area contributed by atoms with Gasteiger partial charge in [-0.3, -0.25) is 9.89 Å². The van der Waals surface area contributed by atoms with Crippen molar-refractivity contribution in [2.24, 2.45) is 0 Å². The fourth-order valence-electron chi connectivity index (χ4n) is 2.09. The van der Waals surface area contributed by atoms with Crippen LogP contribution in [0, 0.1) is 17.1 Å².